The van der Waals surface area contributed by atoms with Gasteiger partial charge in [-0.25, -0.2) is 9.59 Å². The van der Waals surface area contributed by atoms with Gasteiger partial charge in [-0.3, -0.25) is 0 Å². The summed E-state index contributed by atoms with van der Waals surface area (Å²) in [6, 6.07) is 12.1. The molecule has 0 unspecified atom stereocenters. The molecule has 0 radical (unpaired) electrons. The van der Waals surface area contributed by atoms with Crippen LogP contribution in [0.15, 0.2) is 46.9 Å². The fraction of sp³-hybridized carbons (Fsp3) is 0.125. The molecule has 112 valence electrons. The third kappa shape index (κ3) is 4.72. The molecule has 0 saturated heterocycles. The Balaban J connectivity index is 1.73. The maximum absolute atomic E-state index is 11.4. The molecule has 6 heteroatoms. The molecule has 1 aromatic heterocycles. The molecule has 0 saturated carbocycles. The van der Waals surface area contributed by atoms with Crippen molar-refractivity contribution in [3.8, 4) is 11.8 Å². The maximum Gasteiger partial charge on any atom is 0.408 e. The maximum atomic E-state index is 11.4. The number of benzene rings is 1. The van der Waals surface area contributed by atoms with E-state index in [-0.39, 0.29) is 24.7 Å². The van der Waals surface area contributed by atoms with E-state index in [1.54, 1.807) is 0 Å². The highest BCUT2D eigenvalue weighted by atomic mass is 16.5. The number of carboxylic acid groups (broad SMARTS) is 1. The minimum atomic E-state index is -1.16. The monoisotopic (exact) mass is 299 g/mol. The summed E-state index contributed by atoms with van der Waals surface area (Å²) in [6.45, 7) is 0.247. The second-order valence-electron chi connectivity index (χ2n) is 4.19. The van der Waals surface area contributed by atoms with Crippen molar-refractivity contribution in [1.29, 1.82) is 0 Å². The Morgan fingerprint density at radius 2 is 1.95 bits per heavy atom. The van der Waals surface area contributed by atoms with Crippen LogP contribution in [-0.4, -0.2) is 23.7 Å². The number of nitrogens with one attached hydrogen (secondary N) is 1. The van der Waals surface area contributed by atoms with Crippen molar-refractivity contribution in [3.05, 3.63) is 59.5 Å². The summed E-state index contributed by atoms with van der Waals surface area (Å²) in [5.74, 6) is 4.11. The van der Waals surface area contributed by atoms with Crippen molar-refractivity contribution in [2.75, 3.05) is 6.54 Å². The van der Waals surface area contributed by atoms with Crippen LogP contribution in [-0.2, 0) is 11.3 Å². The van der Waals surface area contributed by atoms with Gasteiger partial charge in [-0.05, 0) is 23.6 Å². The average Bonchev–Trinajstić information content (AvgIpc) is 3.00. The number of carbonyl (C=O) groups is 2. The summed E-state index contributed by atoms with van der Waals surface area (Å²) in [4.78, 5) is 22.0. The first kappa shape index (κ1) is 15.2. The van der Waals surface area contributed by atoms with E-state index in [4.69, 9.17) is 14.3 Å². The molecule has 1 heterocycles. The van der Waals surface area contributed by atoms with Crippen molar-refractivity contribution in [3.63, 3.8) is 0 Å². The molecule has 1 amide bonds. The Kier molecular flexibility index (Phi) is 5.21. The fourth-order valence-electron chi connectivity index (χ4n) is 1.54. The van der Waals surface area contributed by atoms with Gasteiger partial charge in [-0.15, -0.1) is 0 Å². The van der Waals surface area contributed by atoms with Gasteiger partial charge in [0.25, 0.3) is 0 Å². The van der Waals surface area contributed by atoms with E-state index < -0.39 is 12.1 Å². The lowest BCUT2D eigenvalue weighted by Crippen LogP contribution is -2.24. The smallest absolute Gasteiger partial charge is 0.408 e. The number of furan rings is 1. The van der Waals surface area contributed by atoms with Gasteiger partial charge < -0.3 is 19.6 Å². The Hall–Kier alpha value is -3.20. The van der Waals surface area contributed by atoms with Crippen molar-refractivity contribution >= 4 is 12.1 Å². The Morgan fingerprint density at radius 3 is 2.64 bits per heavy atom. The highest BCUT2D eigenvalue weighted by Gasteiger charge is 2.06. The predicted molar refractivity (Wildman–Crippen MR) is 77.2 cm³/mol. The Morgan fingerprint density at radius 1 is 1.18 bits per heavy atom. The molecule has 2 rings (SSSR count). The van der Waals surface area contributed by atoms with E-state index in [9.17, 15) is 9.59 Å². The third-order valence-electron chi connectivity index (χ3n) is 2.56. The number of carboxylic acids is 1. The number of amides is 1. The summed E-state index contributed by atoms with van der Waals surface area (Å²) >= 11 is 0. The zero-order valence-electron chi connectivity index (χ0n) is 11.5. The van der Waals surface area contributed by atoms with Crippen molar-refractivity contribution in [2.45, 2.75) is 6.61 Å². The van der Waals surface area contributed by atoms with E-state index >= 15 is 0 Å². The van der Waals surface area contributed by atoms with Crippen LogP contribution >= 0.6 is 0 Å². The van der Waals surface area contributed by atoms with Crippen LogP contribution in [0.5, 0.6) is 0 Å². The fourth-order valence-corrected chi connectivity index (χ4v) is 1.54. The minimum Gasteiger partial charge on any atom is -0.475 e. The number of hydrogen-bond acceptors (Lipinski definition) is 4. The molecule has 0 aliphatic carbocycles. The Bertz CT molecular complexity index is 709. The summed E-state index contributed by atoms with van der Waals surface area (Å²) in [6.07, 6.45) is -0.580. The zero-order valence-corrected chi connectivity index (χ0v) is 11.5. The van der Waals surface area contributed by atoms with Gasteiger partial charge in [0.1, 0.15) is 6.61 Å². The summed E-state index contributed by atoms with van der Waals surface area (Å²) < 4.78 is 9.94. The van der Waals surface area contributed by atoms with Gasteiger partial charge in [0, 0.05) is 0 Å². The first-order valence-corrected chi connectivity index (χ1v) is 6.41. The number of alkyl carbamates (subject to hydrolysis) is 1. The lowest BCUT2D eigenvalue weighted by atomic mass is 10.2. The lowest BCUT2D eigenvalue weighted by Gasteiger charge is -2.04. The second kappa shape index (κ2) is 7.55. The largest absolute Gasteiger partial charge is 0.475 e. The molecule has 6 nitrogen and oxygen atoms in total. The minimum absolute atomic E-state index is 0.0662. The van der Waals surface area contributed by atoms with Crippen LogP contribution < -0.4 is 5.32 Å². The van der Waals surface area contributed by atoms with Gasteiger partial charge in [-0.1, -0.05) is 36.3 Å². The average molecular weight is 299 g/mol. The van der Waals surface area contributed by atoms with Crippen LogP contribution in [0.2, 0.25) is 0 Å². The van der Waals surface area contributed by atoms with E-state index in [2.05, 4.69) is 17.2 Å². The number of hydrogen-bond donors (Lipinski definition) is 2. The van der Waals surface area contributed by atoms with E-state index in [0.29, 0.717) is 0 Å². The number of rotatable bonds is 4. The third-order valence-corrected chi connectivity index (χ3v) is 2.56. The predicted octanol–water partition coefficient (Wildman–Crippen LogP) is 2.26. The van der Waals surface area contributed by atoms with Gasteiger partial charge in [0.2, 0.25) is 5.76 Å². The van der Waals surface area contributed by atoms with Crippen molar-refractivity contribution in [2.24, 2.45) is 0 Å². The SMILES string of the molecule is O=C(NCC#Cc1ccc(C(=O)O)o1)OCc1ccccc1. The Labute approximate surface area is 126 Å². The van der Waals surface area contributed by atoms with Crippen LogP contribution in [0.25, 0.3) is 0 Å². The highest BCUT2D eigenvalue weighted by molar-refractivity contribution is 5.84. The normalized spacial score (nSPS) is 9.45. The van der Waals surface area contributed by atoms with Gasteiger partial charge in [-0.2, -0.15) is 0 Å². The van der Waals surface area contributed by atoms with Gasteiger partial charge in [0.15, 0.2) is 5.76 Å². The van der Waals surface area contributed by atoms with E-state index in [1.165, 1.54) is 12.1 Å². The molecular formula is C16H13NO5. The van der Waals surface area contributed by atoms with Gasteiger partial charge in [0.05, 0.1) is 6.54 Å². The summed E-state index contributed by atoms with van der Waals surface area (Å²) in [5.41, 5.74) is 0.889. The summed E-state index contributed by atoms with van der Waals surface area (Å²) in [7, 11) is 0. The number of carbonyl (C=O) groups excluding carboxylic acids is 1. The van der Waals surface area contributed by atoms with Crippen molar-refractivity contribution in [1.82, 2.24) is 5.32 Å². The van der Waals surface area contributed by atoms with E-state index in [1.807, 2.05) is 30.3 Å². The topological polar surface area (TPSA) is 88.8 Å². The molecule has 0 fully saturated rings. The zero-order chi connectivity index (χ0) is 15.8. The quantitative estimate of drug-likeness (QED) is 0.845. The molecule has 0 aliphatic rings. The highest BCUT2D eigenvalue weighted by Crippen LogP contribution is 2.05. The molecule has 22 heavy (non-hydrogen) atoms. The molecule has 0 aliphatic heterocycles. The van der Waals surface area contributed by atoms with Crippen LogP contribution in [0.3, 0.4) is 0 Å². The van der Waals surface area contributed by atoms with Crippen molar-refractivity contribution < 1.29 is 23.8 Å². The molecule has 0 atom stereocenters. The second-order valence-corrected chi connectivity index (χ2v) is 4.19. The summed E-state index contributed by atoms with van der Waals surface area (Å²) in [5, 5.41) is 11.1. The molecule has 1 aromatic carbocycles. The lowest BCUT2D eigenvalue weighted by molar-refractivity contribution is 0.0661. The molecule has 2 N–H and O–H groups in total. The molecule has 0 bridgehead atoms. The standard InChI is InChI=1S/C16H13NO5/c18-15(19)14-9-8-13(22-14)7-4-10-17-16(20)21-11-12-5-2-1-3-6-12/h1-3,5-6,8-9H,10-11H2,(H,17,20)(H,18,19). The van der Waals surface area contributed by atoms with Gasteiger partial charge >= 0.3 is 12.1 Å². The first-order chi connectivity index (χ1) is 10.6. The molecule has 2 aromatic rings. The number of ether oxygens (including phenoxy) is 1. The first-order valence-electron chi connectivity index (χ1n) is 6.41. The molecular weight excluding hydrogens is 286 g/mol. The molecule has 0 spiro atoms. The van der Waals surface area contributed by atoms with Crippen LogP contribution in [0.4, 0.5) is 4.79 Å². The van der Waals surface area contributed by atoms with Crippen LogP contribution in [0, 0.1) is 11.8 Å². The van der Waals surface area contributed by atoms with E-state index in [0.717, 1.165) is 5.56 Å². The van der Waals surface area contributed by atoms with Crippen LogP contribution in [0.1, 0.15) is 21.9 Å². The number of aromatic carboxylic acids is 1.